The van der Waals surface area contributed by atoms with Crippen molar-refractivity contribution in [3.63, 3.8) is 0 Å². The molecular weight excluding hydrogens is 512 g/mol. The van der Waals surface area contributed by atoms with E-state index in [-0.39, 0.29) is 29.9 Å². The minimum atomic E-state index is -1.06. The zero-order chi connectivity index (χ0) is 24.5. The predicted molar refractivity (Wildman–Crippen MR) is 134 cm³/mol. The Labute approximate surface area is 210 Å². The molecule has 0 radical (unpaired) electrons. The van der Waals surface area contributed by atoms with Crippen LogP contribution in [-0.2, 0) is 9.53 Å². The second-order valence-corrected chi connectivity index (χ2v) is 9.63. The Morgan fingerprint density at radius 3 is 2.17 bits per heavy atom. The molecule has 0 aliphatic heterocycles. The van der Waals surface area contributed by atoms with Crippen molar-refractivity contribution in [3.8, 4) is 11.1 Å². The molecule has 1 fully saturated rings. The van der Waals surface area contributed by atoms with Crippen molar-refractivity contribution >= 4 is 39.6 Å². The number of hydrogen-bond acceptors (Lipinski definition) is 4. The molecule has 3 aromatic rings. The highest BCUT2D eigenvalue weighted by Crippen LogP contribution is 2.44. The van der Waals surface area contributed by atoms with Crippen molar-refractivity contribution in [2.45, 2.75) is 24.8 Å². The molecule has 178 valence electrons. The van der Waals surface area contributed by atoms with Crippen LogP contribution in [0.3, 0.4) is 0 Å². The first-order valence-electron chi connectivity index (χ1n) is 11.4. The van der Waals surface area contributed by atoms with Gasteiger partial charge in [-0.05, 0) is 75.1 Å². The fourth-order valence-electron chi connectivity index (χ4n) is 4.55. The topological polar surface area (TPSA) is 105 Å². The number of halogens is 1. The molecule has 3 aromatic carbocycles. The van der Waals surface area contributed by atoms with Crippen LogP contribution in [0, 0.1) is 5.92 Å². The van der Waals surface area contributed by atoms with Gasteiger partial charge in [0.15, 0.2) is 0 Å². The van der Waals surface area contributed by atoms with Crippen molar-refractivity contribution in [2.24, 2.45) is 5.92 Å². The third kappa shape index (κ3) is 4.79. The highest BCUT2D eigenvalue weighted by atomic mass is 79.9. The lowest BCUT2D eigenvalue weighted by molar-refractivity contribution is -0.118. The van der Waals surface area contributed by atoms with Gasteiger partial charge in [0.25, 0.3) is 0 Å². The number of hydrogen-bond donors (Lipinski definition) is 3. The minimum Gasteiger partial charge on any atom is -0.478 e. The van der Waals surface area contributed by atoms with E-state index in [9.17, 15) is 14.4 Å². The molecule has 0 bridgehead atoms. The van der Waals surface area contributed by atoms with Crippen molar-refractivity contribution in [2.75, 3.05) is 11.9 Å². The number of rotatable bonds is 7. The summed E-state index contributed by atoms with van der Waals surface area (Å²) in [6, 6.07) is 19.8. The fraction of sp³-hybridized carbons (Fsp3) is 0.222. The van der Waals surface area contributed by atoms with E-state index in [0.29, 0.717) is 10.2 Å². The maximum atomic E-state index is 13.0. The Morgan fingerprint density at radius 1 is 0.971 bits per heavy atom. The maximum absolute atomic E-state index is 13.0. The molecule has 2 amide bonds. The molecule has 1 saturated carbocycles. The summed E-state index contributed by atoms with van der Waals surface area (Å²) in [5.41, 5.74) is 5.06. The Hall–Kier alpha value is -3.65. The van der Waals surface area contributed by atoms with Crippen molar-refractivity contribution in [1.29, 1.82) is 0 Å². The molecule has 7 nitrogen and oxygen atoms in total. The van der Waals surface area contributed by atoms with Gasteiger partial charge in [-0.25, -0.2) is 9.59 Å². The van der Waals surface area contributed by atoms with Gasteiger partial charge in [0.2, 0.25) is 5.91 Å². The maximum Gasteiger partial charge on any atom is 0.407 e. The number of benzene rings is 3. The fourth-order valence-corrected chi connectivity index (χ4v) is 5.03. The van der Waals surface area contributed by atoms with Crippen molar-refractivity contribution < 1.29 is 24.2 Å². The first-order valence-corrected chi connectivity index (χ1v) is 12.2. The van der Waals surface area contributed by atoms with Crippen LogP contribution in [0.25, 0.3) is 11.1 Å². The second-order valence-electron chi connectivity index (χ2n) is 8.77. The number of amides is 2. The minimum absolute atomic E-state index is 0.0348. The van der Waals surface area contributed by atoms with Gasteiger partial charge in [0.1, 0.15) is 12.6 Å². The average molecular weight is 535 g/mol. The summed E-state index contributed by atoms with van der Waals surface area (Å²) in [5, 5.41) is 14.6. The van der Waals surface area contributed by atoms with E-state index in [1.54, 1.807) is 0 Å². The van der Waals surface area contributed by atoms with Gasteiger partial charge < -0.3 is 20.5 Å². The molecule has 0 aromatic heterocycles. The van der Waals surface area contributed by atoms with E-state index >= 15 is 0 Å². The molecule has 0 spiro atoms. The zero-order valence-corrected chi connectivity index (χ0v) is 20.2. The normalized spacial score (nSPS) is 15.0. The highest BCUT2D eigenvalue weighted by molar-refractivity contribution is 9.10. The van der Waals surface area contributed by atoms with Gasteiger partial charge in [-0.1, -0.05) is 48.5 Å². The number of carbonyl (C=O) groups excluding carboxylic acids is 2. The summed E-state index contributed by atoms with van der Waals surface area (Å²) < 4.78 is 6.06. The van der Waals surface area contributed by atoms with E-state index in [2.05, 4.69) is 50.8 Å². The molecule has 35 heavy (non-hydrogen) atoms. The van der Waals surface area contributed by atoms with Gasteiger partial charge in [0, 0.05) is 10.4 Å². The van der Waals surface area contributed by atoms with E-state index < -0.39 is 18.1 Å². The highest BCUT2D eigenvalue weighted by Gasteiger charge is 2.38. The molecule has 5 rings (SSSR count). The number of ether oxygens (including phenoxy) is 1. The van der Waals surface area contributed by atoms with Gasteiger partial charge in [0.05, 0.1) is 11.3 Å². The number of carbonyl (C=O) groups is 3. The summed E-state index contributed by atoms with van der Waals surface area (Å²) in [6.45, 7) is 0.168. The number of anilines is 1. The Morgan fingerprint density at radius 2 is 1.60 bits per heavy atom. The number of carboxylic acid groups (broad SMARTS) is 1. The number of carboxylic acids is 1. The summed E-state index contributed by atoms with van der Waals surface area (Å²) in [5.74, 6) is -1.46. The zero-order valence-electron chi connectivity index (χ0n) is 18.7. The van der Waals surface area contributed by atoms with Crippen LogP contribution in [0.5, 0.6) is 0 Å². The largest absolute Gasteiger partial charge is 0.478 e. The Balaban J connectivity index is 1.24. The van der Waals surface area contributed by atoms with Gasteiger partial charge in [-0.15, -0.1) is 0 Å². The quantitative estimate of drug-likeness (QED) is 0.376. The summed E-state index contributed by atoms with van der Waals surface area (Å²) in [7, 11) is 0. The van der Waals surface area contributed by atoms with Gasteiger partial charge >= 0.3 is 12.1 Å². The molecule has 0 heterocycles. The van der Waals surface area contributed by atoms with Crippen LogP contribution in [0.1, 0.15) is 40.2 Å². The smallest absolute Gasteiger partial charge is 0.407 e. The Bertz CT molecular complexity index is 1270. The van der Waals surface area contributed by atoms with E-state index in [1.165, 1.54) is 18.2 Å². The molecule has 2 aliphatic carbocycles. The van der Waals surface area contributed by atoms with Crippen molar-refractivity contribution in [3.05, 3.63) is 87.9 Å². The lowest BCUT2D eigenvalue weighted by Gasteiger charge is -2.20. The van der Waals surface area contributed by atoms with Crippen LogP contribution < -0.4 is 10.6 Å². The first kappa shape index (κ1) is 23.1. The van der Waals surface area contributed by atoms with Crippen LogP contribution in [-0.4, -0.2) is 35.7 Å². The van der Waals surface area contributed by atoms with Crippen LogP contribution in [0.2, 0.25) is 0 Å². The predicted octanol–water partition coefficient (Wildman–Crippen LogP) is 5.40. The van der Waals surface area contributed by atoms with Crippen LogP contribution >= 0.6 is 15.9 Å². The number of alkyl carbamates (subject to hydrolysis) is 1. The summed E-state index contributed by atoms with van der Waals surface area (Å²) in [6.07, 6.45) is 1.03. The average Bonchev–Trinajstić information content (AvgIpc) is 3.64. The lowest BCUT2D eigenvalue weighted by Crippen LogP contribution is -2.45. The molecule has 1 unspecified atom stereocenters. The second kappa shape index (κ2) is 9.54. The monoisotopic (exact) mass is 534 g/mol. The van der Waals surface area contributed by atoms with Gasteiger partial charge in [-0.2, -0.15) is 0 Å². The summed E-state index contributed by atoms with van der Waals surface area (Å²) in [4.78, 5) is 36.8. The van der Waals surface area contributed by atoms with Crippen LogP contribution in [0.4, 0.5) is 10.5 Å². The first-order chi connectivity index (χ1) is 16.9. The van der Waals surface area contributed by atoms with Gasteiger partial charge in [-0.3, -0.25) is 4.79 Å². The molecule has 8 heteroatoms. The molecule has 0 saturated heterocycles. The van der Waals surface area contributed by atoms with Crippen LogP contribution in [0.15, 0.2) is 71.2 Å². The SMILES string of the molecule is O=C(NC(C(=O)Nc1ccc(C(=O)O)cc1Br)C1CC1)OCC1c2ccccc2-c2ccccc21. The van der Waals surface area contributed by atoms with E-state index in [4.69, 9.17) is 9.84 Å². The lowest BCUT2D eigenvalue weighted by atomic mass is 9.98. The van der Waals surface area contributed by atoms with Crippen molar-refractivity contribution in [1.82, 2.24) is 5.32 Å². The standard InChI is InChI=1S/C27H23BrN2O5/c28-22-13-16(26(32)33)11-12-23(22)29-25(31)24(15-9-10-15)30-27(34)35-14-21-19-7-3-1-5-17(19)18-6-2-4-8-20(18)21/h1-8,11-13,15,21,24H,9-10,14H2,(H,29,31)(H,30,34)(H,32,33). The Kier molecular flexibility index (Phi) is 6.30. The number of fused-ring (bicyclic) bond motifs is 3. The van der Waals surface area contributed by atoms with E-state index in [1.807, 2.05) is 24.3 Å². The molecule has 3 N–H and O–H groups in total. The number of aromatic carboxylic acids is 1. The third-order valence-corrected chi connectivity index (χ3v) is 7.12. The van der Waals surface area contributed by atoms with E-state index in [0.717, 1.165) is 35.1 Å². The molecular formula is C27H23BrN2O5. The number of nitrogens with one attached hydrogen (secondary N) is 2. The molecule has 1 atom stereocenters. The summed E-state index contributed by atoms with van der Waals surface area (Å²) >= 11 is 3.30. The third-order valence-electron chi connectivity index (χ3n) is 6.47. The molecule has 2 aliphatic rings.